The van der Waals surface area contributed by atoms with Crippen LogP contribution in [-0.2, 0) is 14.6 Å². The van der Waals surface area contributed by atoms with Gasteiger partial charge in [-0.25, -0.2) is 13.1 Å². The lowest BCUT2D eigenvalue weighted by Crippen LogP contribution is -2.24. The lowest BCUT2D eigenvalue weighted by Gasteiger charge is -2.14. The molecule has 3 rings (SSSR count). The number of hydrogen-bond acceptors (Lipinski definition) is 4. The van der Waals surface area contributed by atoms with Gasteiger partial charge in [-0.3, -0.25) is 4.79 Å². The van der Waals surface area contributed by atoms with Crippen molar-refractivity contribution < 1.29 is 13.2 Å². The third kappa shape index (κ3) is 3.00. The Balaban J connectivity index is 1.87. The van der Waals surface area contributed by atoms with Crippen LogP contribution >= 0.6 is 11.6 Å². The molecule has 22 heavy (non-hydrogen) atoms. The van der Waals surface area contributed by atoms with E-state index in [2.05, 4.69) is 10.4 Å². The molecule has 0 saturated carbocycles. The third-order valence-corrected chi connectivity index (χ3v) is 5.65. The summed E-state index contributed by atoms with van der Waals surface area (Å²) in [5.41, 5.74) is 1.06. The van der Waals surface area contributed by atoms with E-state index in [4.69, 9.17) is 11.6 Å². The fraction of sp³-hybridized carbons (Fsp3) is 0.286. The number of nitrogens with one attached hydrogen (secondary N) is 1. The number of rotatable bonds is 3. The summed E-state index contributed by atoms with van der Waals surface area (Å²) in [5, 5.41) is 7.34. The number of anilines is 1. The van der Waals surface area contributed by atoms with Crippen LogP contribution in [0, 0.1) is 5.92 Å². The van der Waals surface area contributed by atoms with Crippen LogP contribution in [0.1, 0.15) is 6.42 Å². The molecule has 1 saturated heterocycles. The van der Waals surface area contributed by atoms with E-state index in [0.29, 0.717) is 22.8 Å². The van der Waals surface area contributed by atoms with Gasteiger partial charge in [-0.05, 0) is 24.6 Å². The van der Waals surface area contributed by atoms with Gasteiger partial charge in [0.15, 0.2) is 9.84 Å². The fourth-order valence-electron chi connectivity index (χ4n) is 2.49. The molecule has 1 aliphatic rings. The third-order valence-electron chi connectivity index (χ3n) is 3.58. The average Bonchev–Trinajstić information content (AvgIpc) is 3.08. The highest BCUT2D eigenvalue weighted by atomic mass is 35.5. The smallest absolute Gasteiger partial charge is 0.228 e. The molecule has 1 aromatic carbocycles. The SMILES string of the molecule is O=C(Nc1cccc(Cl)c1-n1cccn1)C1CCS(=O)(=O)C1. The van der Waals surface area contributed by atoms with Crippen LogP contribution in [0.3, 0.4) is 0 Å². The van der Waals surface area contributed by atoms with E-state index in [0.717, 1.165) is 0 Å². The number of carbonyl (C=O) groups is 1. The monoisotopic (exact) mass is 339 g/mol. The Morgan fingerprint density at radius 1 is 1.36 bits per heavy atom. The van der Waals surface area contributed by atoms with Crippen LogP contribution in [0.4, 0.5) is 5.69 Å². The normalized spacial score (nSPS) is 20.0. The molecule has 1 amide bonds. The maximum Gasteiger partial charge on any atom is 0.228 e. The van der Waals surface area contributed by atoms with Gasteiger partial charge in [-0.1, -0.05) is 17.7 Å². The molecule has 1 fully saturated rings. The number of benzene rings is 1. The maximum absolute atomic E-state index is 12.3. The number of amides is 1. The van der Waals surface area contributed by atoms with E-state index in [-0.39, 0.29) is 17.4 Å². The van der Waals surface area contributed by atoms with Crippen LogP contribution in [0.5, 0.6) is 0 Å². The zero-order valence-electron chi connectivity index (χ0n) is 11.6. The Labute approximate surface area is 133 Å². The summed E-state index contributed by atoms with van der Waals surface area (Å²) in [4.78, 5) is 12.3. The Morgan fingerprint density at radius 2 is 2.18 bits per heavy atom. The molecule has 0 aliphatic carbocycles. The Morgan fingerprint density at radius 3 is 2.82 bits per heavy atom. The van der Waals surface area contributed by atoms with Crippen molar-refractivity contribution in [1.82, 2.24) is 9.78 Å². The van der Waals surface area contributed by atoms with E-state index >= 15 is 0 Å². The number of carbonyl (C=O) groups excluding carboxylic acids is 1. The summed E-state index contributed by atoms with van der Waals surface area (Å²) < 4.78 is 24.5. The highest BCUT2D eigenvalue weighted by Gasteiger charge is 2.33. The number of nitrogens with zero attached hydrogens (tertiary/aromatic N) is 2. The molecule has 1 N–H and O–H groups in total. The van der Waals surface area contributed by atoms with Gasteiger partial charge in [-0.2, -0.15) is 5.10 Å². The van der Waals surface area contributed by atoms with E-state index < -0.39 is 15.8 Å². The number of sulfone groups is 1. The molecular formula is C14H14ClN3O3S. The molecule has 1 atom stereocenters. The topological polar surface area (TPSA) is 81.1 Å². The molecule has 8 heteroatoms. The van der Waals surface area contributed by atoms with Crippen LogP contribution in [0.2, 0.25) is 5.02 Å². The predicted molar refractivity (Wildman–Crippen MR) is 84.0 cm³/mol. The first-order valence-electron chi connectivity index (χ1n) is 6.76. The lowest BCUT2D eigenvalue weighted by atomic mass is 10.1. The Kier molecular flexibility index (Phi) is 3.92. The van der Waals surface area contributed by atoms with E-state index in [1.807, 2.05) is 0 Å². The summed E-state index contributed by atoms with van der Waals surface area (Å²) in [6.45, 7) is 0. The summed E-state index contributed by atoms with van der Waals surface area (Å²) >= 11 is 6.20. The van der Waals surface area contributed by atoms with Crippen LogP contribution in [0.15, 0.2) is 36.7 Å². The lowest BCUT2D eigenvalue weighted by molar-refractivity contribution is -0.119. The molecule has 116 valence electrons. The van der Waals surface area contributed by atoms with Crippen molar-refractivity contribution in [2.24, 2.45) is 5.92 Å². The number of hydrogen-bond donors (Lipinski definition) is 1. The van der Waals surface area contributed by atoms with Gasteiger partial charge < -0.3 is 5.32 Å². The number of aromatic nitrogens is 2. The van der Waals surface area contributed by atoms with Gasteiger partial charge in [0.25, 0.3) is 0 Å². The summed E-state index contributed by atoms with van der Waals surface area (Å²) in [6.07, 6.45) is 3.68. The Hall–Kier alpha value is -1.86. The van der Waals surface area contributed by atoms with Gasteiger partial charge in [0.1, 0.15) is 5.69 Å². The zero-order chi connectivity index (χ0) is 15.7. The Bertz CT molecular complexity index is 803. The first kappa shape index (κ1) is 15.1. The minimum atomic E-state index is -3.10. The van der Waals surface area contributed by atoms with Gasteiger partial charge >= 0.3 is 0 Å². The van der Waals surface area contributed by atoms with Gasteiger partial charge in [0.2, 0.25) is 5.91 Å². The zero-order valence-corrected chi connectivity index (χ0v) is 13.1. The van der Waals surface area contributed by atoms with E-state index in [1.54, 1.807) is 41.3 Å². The van der Waals surface area contributed by atoms with Crippen molar-refractivity contribution in [1.29, 1.82) is 0 Å². The molecule has 1 aliphatic heterocycles. The van der Waals surface area contributed by atoms with E-state index in [9.17, 15) is 13.2 Å². The highest BCUT2D eigenvalue weighted by molar-refractivity contribution is 7.91. The molecule has 2 aromatic rings. The van der Waals surface area contributed by atoms with E-state index in [1.165, 1.54) is 0 Å². The van der Waals surface area contributed by atoms with Crippen LogP contribution in [0.25, 0.3) is 5.69 Å². The summed E-state index contributed by atoms with van der Waals surface area (Å²) in [5.74, 6) is -0.866. The van der Waals surface area contributed by atoms with Crippen LogP contribution < -0.4 is 5.32 Å². The summed E-state index contributed by atoms with van der Waals surface area (Å²) in [6, 6.07) is 6.88. The molecular weight excluding hydrogens is 326 g/mol. The second-order valence-corrected chi connectivity index (χ2v) is 7.81. The summed E-state index contributed by atoms with van der Waals surface area (Å²) in [7, 11) is -3.10. The average molecular weight is 340 g/mol. The highest BCUT2D eigenvalue weighted by Crippen LogP contribution is 2.29. The maximum atomic E-state index is 12.3. The fourth-order valence-corrected chi connectivity index (χ4v) is 4.49. The molecule has 1 unspecified atom stereocenters. The first-order chi connectivity index (χ1) is 10.5. The number of halogens is 1. The van der Waals surface area contributed by atoms with Gasteiger partial charge in [-0.15, -0.1) is 0 Å². The largest absolute Gasteiger partial charge is 0.324 e. The minimum Gasteiger partial charge on any atom is -0.324 e. The predicted octanol–water partition coefficient (Wildman–Crippen LogP) is 1.90. The van der Waals surface area contributed by atoms with Crippen molar-refractivity contribution in [3.05, 3.63) is 41.7 Å². The van der Waals surface area contributed by atoms with Gasteiger partial charge in [0.05, 0.1) is 28.1 Å². The van der Waals surface area contributed by atoms with Gasteiger partial charge in [0, 0.05) is 12.4 Å². The van der Waals surface area contributed by atoms with Crippen molar-refractivity contribution in [3.63, 3.8) is 0 Å². The second-order valence-electron chi connectivity index (χ2n) is 5.18. The van der Waals surface area contributed by atoms with Crippen molar-refractivity contribution in [3.8, 4) is 5.69 Å². The molecule has 0 radical (unpaired) electrons. The number of para-hydroxylation sites is 1. The minimum absolute atomic E-state index is 0.0621. The molecule has 0 bridgehead atoms. The molecule has 2 heterocycles. The quantitative estimate of drug-likeness (QED) is 0.926. The molecule has 0 spiro atoms. The van der Waals surface area contributed by atoms with Crippen molar-refractivity contribution in [2.75, 3.05) is 16.8 Å². The standard InChI is InChI=1S/C14H14ClN3O3S/c15-11-3-1-4-12(13(11)18-7-2-6-16-18)17-14(19)10-5-8-22(20,21)9-10/h1-4,6-7,10H,5,8-9H2,(H,17,19). The van der Waals surface area contributed by atoms with Crippen molar-refractivity contribution in [2.45, 2.75) is 6.42 Å². The molecule has 6 nitrogen and oxygen atoms in total. The van der Waals surface area contributed by atoms with Crippen molar-refractivity contribution >= 4 is 33.0 Å². The van der Waals surface area contributed by atoms with Crippen LogP contribution in [-0.4, -0.2) is 35.6 Å². The second kappa shape index (κ2) is 5.73. The first-order valence-corrected chi connectivity index (χ1v) is 8.96. The molecule has 1 aromatic heterocycles.